The van der Waals surface area contributed by atoms with Crippen molar-refractivity contribution in [1.82, 2.24) is 10.2 Å². The van der Waals surface area contributed by atoms with Crippen LogP contribution in [0.15, 0.2) is 12.1 Å². The van der Waals surface area contributed by atoms with Gasteiger partial charge in [0.05, 0.1) is 22.3 Å². The van der Waals surface area contributed by atoms with Crippen LogP contribution in [0, 0.1) is 5.82 Å². The molecule has 26 heavy (non-hydrogen) atoms. The molecule has 0 spiro atoms. The van der Waals surface area contributed by atoms with E-state index in [0.29, 0.717) is 5.02 Å². The van der Waals surface area contributed by atoms with Crippen molar-refractivity contribution in [3.63, 3.8) is 0 Å². The summed E-state index contributed by atoms with van der Waals surface area (Å²) in [5.74, 6) is -0.993. The zero-order valence-electron chi connectivity index (χ0n) is 14.3. The van der Waals surface area contributed by atoms with Crippen LogP contribution in [-0.4, -0.2) is 28.9 Å². The Hall–Kier alpha value is -1.92. The third kappa shape index (κ3) is 3.62. The third-order valence-corrected chi connectivity index (χ3v) is 4.83. The molecule has 2 aromatic rings. The maximum absolute atomic E-state index is 14.5. The quantitative estimate of drug-likeness (QED) is 0.698. The molecular weight excluding hydrogens is 382 g/mol. The number of halogens is 3. The van der Waals surface area contributed by atoms with Crippen molar-refractivity contribution in [1.29, 1.82) is 0 Å². The maximum Gasteiger partial charge on any atom is 0.347 e. The monoisotopic (exact) mass is 398 g/mol. The van der Waals surface area contributed by atoms with Gasteiger partial charge in [0.15, 0.2) is 6.10 Å². The van der Waals surface area contributed by atoms with Gasteiger partial charge < -0.3 is 9.47 Å². The van der Waals surface area contributed by atoms with Crippen molar-refractivity contribution in [2.45, 2.75) is 39.2 Å². The molecule has 1 aromatic heterocycles. The number of esters is 1. The van der Waals surface area contributed by atoms with E-state index in [1.165, 1.54) is 13.0 Å². The smallest absolute Gasteiger partial charge is 0.347 e. The highest BCUT2D eigenvalue weighted by Gasteiger charge is 2.24. The van der Waals surface area contributed by atoms with Crippen LogP contribution in [0.4, 0.5) is 4.39 Å². The summed E-state index contributed by atoms with van der Waals surface area (Å²) < 4.78 is 25.0. The average Bonchev–Trinajstić information content (AvgIpc) is 3.08. The van der Waals surface area contributed by atoms with Gasteiger partial charge in [0.25, 0.3) is 0 Å². The number of ether oxygens (including phenoxy) is 2. The van der Waals surface area contributed by atoms with Gasteiger partial charge in [-0.1, -0.05) is 23.2 Å². The van der Waals surface area contributed by atoms with Crippen molar-refractivity contribution < 1.29 is 18.7 Å². The van der Waals surface area contributed by atoms with Gasteiger partial charge in [0.2, 0.25) is 0 Å². The van der Waals surface area contributed by atoms with E-state index >= 15 is 0 Å². The molecule has 0 saturated carbocycles. The van der Waals surface area contributed by atoms with Crippen LogP contribution in [0.5, 0.6) is 5.75 Å². The second-order valence-electron chi connectivity index (χ2n) is 5.92. The van der Waals surface area contributed by atoms with Crippen molar-refractivity contribution in [3.8, 4) is 17.0 Å². The van der Waals surface area contributed by atoms with E-state index in [1.54, 1.807) is 6.92 Å². The fraction of sp³-hybridized carbons (Fsp3) is 0.389. The molecule has 0 fully saturated rings. The van der Waals surface area contributed by atoms with Crippen molar-refractivity contribution in [3.05, 3.63) is 39.3 Å². The molecule has 1 atom stereocenters. The van der Waals surface area contributed by atoms with Crippen LogP contribution in [0.25, 0.3) is 11.3 Å². The number of hydrogen-bond acceptors (Lipinski definition) is 5. The van der Waals surface area contributed by atoms with E-state index in [4.69, 9.17) is 32.7 Å². The second kappa shape index (κ2) is 7.76. The first-order chi connectivity index (χ1) is 12.4. The minimum absolute atomic E-state index is 0.0349. The highest BCUT2D eigenvalue weighted by molar-refractivity contribution is 6.34. The Balaban J connectivity index is 1.98. The van der Waals surface area contributed by atoms with Gasteiger partial charge in [-0.3, -0.25) is 0 Å². The first kappa shape index (κ1) is 18.9. The summed E-state index contributed by atoms with van der Waals surface area (Å²) in [5, 5.41) is 8.66. The number of fused-ring (bicyclic) bond motifs is 1. The summed E-state index contributed by atoms with van der Waals surface area (Å²) in [5.41, 5.74) is 2.09. The summed E-state index contributed by atoms with van der Waals surface area (Å²) in [6.07, 6.45) is 1.65. The van der Waals surface area contributed by atoms with E-state index in [1.807, 2.05) is 0 Å². The Morgan fingerprint density at radius 3 is 2.81 bits per heavy atom. The van der Waals surface area contributed by atoms with Gasteiger partial charge in [-0.15, -0.1) is 5.10 Å². The summed E-state index contributed by atoms with van der Waals surface area (Å²) in [6.45, 7) is 3.46. The van der Waals surface area contributed by atoms with Crippen LogP contribution in [0.1, 0.15) is 31.5 Å². The minimum Gasteiger partial charge on any atom is -0.477 e. The second-order valence-corrected chi connectivity index (χ2v) is 6.70. The van der Waals surface area contributed by atoms with Crippen LogP contribution in [0.2, 0.25) is 10.0 Å². The van der Waals surface area contributed by atoms with Crippen LogP contribution in [-0.2, 0) is 22.4 Å². The number of aromatic nitrogens is 2. The number of aryl methyl sites for hydroxylation is 1. The van der Waals surface area contributed by atoms with Gasteiger partial charge in [0, 0.05) is 5.56 Å². The molecule has 0 saturated heterocycles. The minimum atomic E-state index is -0.896. The van der Waals surface area contributed by atoms with Gasteiger partial charge in [-0.2, -0.15) is 5.10 Å². The Morgan fingerprint density at radius 1 is 1.31 bits per heavy atom. The summed E-state index contributed by atoms with van der Waals surface area (Å²) >= 11 is 12.5. The van der Waals surface area contributed by atoms with E-state index in [9.17, 15) is 9.18 Å². The van der Waals surface area contributed by atoms with E-state index < -0.39 is 17.9 Å². The molecule has 0 amide bonds. The van der Waals surface area contributed by atoms with Gasteiger partial charge in [0.1, 0.15) is 17.3 Å². The van der Waals surface area contributed by atoms with Crippen molar-refractivity contribution >= 4 is 29.2 Å². The molecule has 5 nitrogen and oxygen atoms in total. The lowest BCUT2D eigenvalue weighted by molar-refractivity contribution is -0.150. The van der Waals surface area contributed by atoms with Crippen LogP contribution < -0.4 is 4.74 Å². The fourth-order valence-electron chi connectivity index (χ4n) is 2.84. The lowest BCUT2D eigenvalue weighted by Crippen LogP contribution is -2.26. The Labute approximate surface area is 160 Å². The summed E-state index contributed by atoms with van der Waals surface area (Å²) in [7, 11) is 0. The number of benzene rings is 1. The maximum atomic E-state index is 14.5. The number of carbonyl (C=O) groups excluding carboxylic acids is 1. The largest absolute Gasteiger partial charge is 0.477 e. The Kier molecular flexibility index (Phi) is 5.63. The predicted octanol–water partition coefficient (Wildman–Crippen LogP) is 4.41. The number of rotatable bonds is 5. The predicted molar refractivity (Wildman–Crippen MR) is 96.2 cm³/mol. The standard InChI is InChI=1S/C18H17Cl2FN2O3/c1-3-25-18(24)9(2)26-15-7-11(13(21)8-12(15)19)17-16(20)10-5-4-6-14(10)22-23-17/h7-9H,3-6H2,1-2H3. The zero-order valence-corrected chi connectivity index (χ0v) is 15.8. The molecule has 0 bridgehead atoms. The molecule has 1 aliphatic rings. The van der Waals surface area contributed by atoms with Gasteiger partial charge >= 0.3 is 5.97 Å². The first-order valence-corrected chi connectivity index (χ1v) is 9.04. The van der Waals surface area contributed by atoms with Crippen LogP contribution >= 0.6 is 23.2 Å². The molecule has 1 aliphatic carbocycles. The molecule has 0 radical (unpaired) electrons. The normalized spacial score (nSPS) is 14.0. The van der Waals surface area contributed by atoms with Crippen LogP contribution in [0.3, 0.4) is 0 Å². The number of hydrogen-bond donors (Lipinski definition) is 0. The Bertz CT molecular complexity index is 861. The first-order valence-electron chi connectivity index (χ1n) is 8.29. The van der Waals surface area contributed by atoms with Crippen molar-refractivity contribution in [2.24, 2.45) is 0 Å². The summed E-state index contributed by atoms with van der Waals surface area (Å²) in [4.78, 5) is 11.8. The molecule has 1 unspecified atom stereocenters. The van der Waals surface area contributed by atoms with Gasteiger partial charge in [-0.25, -0.2) is 9.18 Å². The zero-order chi connectivity index (χ0) is 18.8. The van der Waals surface area contributed by atoms with E-state index in [-0.39, 0.29) is 28.6 Å². The number of carbonyl (C=O) groups is 1. The van der Waals surface area contributed by atoms with E-state index in [0.717, 1.165) is 36.6 Å². The molecular formula is C18H17Cl2FN2O3. The highest BCUT2D eigenvalue weighted by atomic mass is 35.5. The lowest BCUT2D eigenvalue weighted by Gasteiger charge is -2.16. The molecule has 8 heteroatoms. The SMILES string of the molecule is CCOC(=O)C(C)Oc1cc(-c2nnc3c(c2Cl)CCC3)c(F)cc1Cl. The molecule has 138 valence electrons. The molecule has 1 heterocycles. The Morgan fingerprint density at radius 2 is 2.08 bits per heavy atom. The fourth-order valence-corrected chi connectivity index (χ4v) is 3.38. The topological polar surface area (TPSA) is 61.3 Å². The average molecular weight is 399 g/mol. The summed E-state index contributed by atoms with van der Waals surface area (Å²) in [6, 6.07) is 2.49. The molecule has 0 N–H and O–H groups in total. The lowest BCUT2D eigenvalue weighted by atomic mass is 10.1. The molecule has 1 aromatic carbocycles. The van der Waals surface area contributed by atoms with E-state index in [2.05, 4.69) is 10.2 Å². The molecule has 3 rings (SSSR count). The third-order valence-electron chi connectivity index (χ3n) is 4.13. The number of nitrogens with zero attached hydrogens (tertiary/aromatic N) is 2. The van der Waals surface area contributed by atoms with Crippen molar-refractivity contribution in [2.75, 3.05) is 6.61 Å². The van der Waals surface area contributed by atoms with Gasteiger partial charge in [-0.05, 0) is 50.8 Å². The molecule has 0 aliphatic heterocycles. The highest BCUT2D eigenvalue weighted by Crippen LogP contribution is 2.38.